The highest BCUT2D eigenvalue weighted by molar-refractivity contribution is 5.71. The van der Waals surface area contributed by atoms with E-state index < -0.39 is 6.10 Å². The van der Waals surface area contributed by atoms with Crippen LogP contribution in [0, 0.1) is 0 Å². The first-order valence-electron chi connectivity index (χ1n) is 25.7. The zero-order valence-corrected chi connectivity index (χ0v) is 40.8. The van der Waals surface area contributed by atoms with Crippen LogP contribution in [0.5, 0.6) is 0 Å². The van der Waals surface area contributed by atoms with Crippen molar-refractivity contribution in [2.24, 2.45) is 0 Å². The molecule has 0 fully saturated rings. The van der Waals surface area contributed by atoms with Crippen molar-refractivity contribution in [1.82, 2.24) is 0 Å². The van der Waals surface area contributed by atoms with E-state index in [2.05, 4.69) is 118 Å². The fourth-order valence-electron chi connectivity index (χ4n) is 6.78. The summed E-state index contributed by atoms with van der Waals surface area (Å²) in [7, 11) is 0. The van der Waals surface area contributed by atoms with E-state index in [9.17, 15) is 14.4 Å². The summed E-state index contributed by atoms with van der Waals surface area (Å²) >= 11 is 0. The van der Waals surface area contributed by atoms with Crippen molar-refractivity contribution in [2.75, 3.05) is 13.2 Å². The van der Waals surface area contributed by atoms with E-state index in [0.29, 0.717) is 19.3 Å². The normalized spacial score (nSPS) is 12.9. The molecule has 0 rings (SSSR count). The lowest BCUT2D eigenvalue weighted by Crippen LogP contribution is -2.30. The molecule has 0 amide bonds. The molecule has 0 saturated heterocycles. The van der Waals surface area contributed by atoms with E-state index >= 15 is 0 Å². The zero-order valence-electron chi connectivity index (χ0n) is 40.8. The van der Waals surface area contributed by atoms with Gasteiger partial charge >= 0.3 is 17.9 Å². The van der Waals surface area contributed by atoms with Gasteiger partial charge < -0.3 is 14.2 Å². The summed E-state index contributed by atoms with van der Waals surface area (Å²) in [5.41, 5.74) is 0. The highest BCUT2D eigenvalue weighted by Crippen LogP contribution is 2.14. The third-order valence-electron chi connectivity index (χ3n) is 10.6. The number of rotatable bonds is 45. The van der Waals surface area contributed by atoms with Gasteiger partial charge in [0.25, 0.3) is 0 Å². The summed E-state index contributed by atoms with van der Waals surface area (Å²) in [5.74, 6) is -0.949. The average molecular weight is 875 g/mol. The predicted octanol–water partition coefficient (Wildman–Crippen LogP) is 17.0. The Kier molecular flexibility index (Phi) is 48.0. The quantitative estimate of drug-likeness (QED) is 0.0262. The number of unbranched alkanes of at least 4 members (excludes halogenated alkanes) is 18. The summed E-state index contributed by atoms with van der Waals surface area (Å²) in [6.07, 6.45) is 66.7. The Morgan fingerprint density at radius 2 is 0.619 bits per heavy atom. The SMILES string of the molecule is CC/C=C\C/C=C\C/C=C\C/C=C\C/C=C\CCCCCC(=O)OC[C@H](COC(=O)CCCCCCCCCCCCC)OC(=O)CCCCCCC/C=C\C/C=C\C/C=C\CC. The lowest BCUT2D eigenvalue weighted by Gasteiger charge is -2.18. The Balaban J connectivity index is 4.46. The van der Waals surface area contributed by atoms with Crippen LogP contribution in [-0.2, 0) is 28.6 Å². The fourth-order valence-corrected chi connectivity index (χ4v) is 6.78. The van der Waals surface area contributed by atoms with Gasteiger partial charge in [0.1, 0.15) is 13.2 Å². The van der Waals surface area contributed by atoms with E-state index in [1.165, 1.54) is 51.4 Å². The lowest BCUT2D eigenvalue weighted by atomic mass is 10.1. The second-order valence-corrected chi connectivity index (χ2v) is 16.7. The van der Waals surface area contributed by atoms with Gasteiger partial charge in [0.15, 0.2) is 6.10 Å². The van der Waals surface area contributed by atoms with Crippen molar-refractivity contribution in [3.63, 3.8) is 0 Å². The van der Waals surface area contributed by atoms with Crippen LogP contribution in [0.25, 0.3) is 0 Å². The number of allylic oxidation sites excluding steroid dienone is 16. The minimum Gasteiger partial charge on any atom is -0.462 e. The highest BCUT2D eigenvalue weighted by atomic mass is 16.6. The maximum absolute atomic E-state index is 12.8. The van der Waals surface area contributed by atoms with Crippen LogP contribution in [-0.4, -0.2) is 37.2 Å². The molecule has 0 spiro atoms. The van der Waals surface area contributed by atoms with Crippen LogP contribution in [0.3, 0.4) is 0 Å². The molecule has 0 aliphatic rings. The topological polar surface area (TPSA) is 78.9 Å². The first-order valence-corrected chi connectivity index (χ1v) is 25.7. The maximum Gasteiger partial charge on any atom is 0.306 e. The Hall–Kier alpha value is -3.67. The first kappa shape index (κ1) is 59.3. The van der Waals surface area contributed by atoms with Gasteiger partial charge in [0.05, 0.1) is 0 Å². The number of esters is 3. The van der Waals surface area contributed by atoms with Crippen molar-refractivity contribution in [3.05, 3.63) is 97.2 Å². The largest absolute Gasteiger partial charge is 0.462 e. The average Bonchev–Trinajstić information content (AvgIpc) is 3.28. The lowest BCUT2D eigenvalue weighted by molar-refractivity contribution is -0.167. The summed E-state index contributed by atoms with van der Waals surface area (Å²) < 4.78 is 16.7. The molecule has 0 aliphatic heterocycles. The maximum atomic E-state index is 12.8. The highest BCUT2D eigenvalue weighted by Gasteiger charge is 2.19. The molecule has 0 bridgehead atoms. The van der Waals surface area contributed by atoms with Crippen molar-refractivity contribution in [1.29, 1.82) is 0 Å². The summed E-state index contributed by atoms with van der Waals surface area (Å²) in [6, 6.07) is 0. The summed E-state index contributed by atoms with van der Waals surface area (Å²) in [4.78, 5) is 37.9. The third kappa shape index (κ3) is 49.2. The number of carbonyl (C=O) groups is 3. The molecule has 6 nitrogen and oxygen atoms in total. The van der Waals surface area contributed by atoms with Crippen LogP contribution >= 0.6 is 0 Å². The van der Waals surface area contributed by atoms with Gasteiger partial charge in [-0.1, -0.05) is 208 Å². The molecule has 0 radical (unpaired) electrons. The molecule has 0 unspecified atom stereocenters. The molecule has 0 aliphatic carbocycles. The molecule has 63 heavy (non-hydrogen) atoms. The van der Waals surface area contributed by atoms with E-state index in [0.717, 1.165) is 135 Å². The van der Waals surface area contributed by atoms with E-state index in [1.807, 2.05) is 0 Å². The second-order valence-electron chi connectivity index (χ2n) is 16.7. The Morgan fingerprint density at radius 1 is 0.333 bits per heavy atom. The van der Waals surface area contributed by atoms with Crippen molar-refractivity contribution in [3.8, 4) is 0 Å². The molecule has 1 atom stereocenters. The molecule has 358 valence electrons. The number of hydrogen-bond acceptors (Lipinski definition) is 6. The molecular weight excluding hydrogens is 781 g/mol. The van der Waals surface area contributed by atoms with Crippen molar-refractivity contribution < 1.29 is 28.6 Å². The second kappa shape index (κ2) is 51.0. The fraction of sp³-hybridized carbons (Fsp3) is 0.667. The van der Waals surface area contributed by atoms with E-state index in [4.69, 9.17) is 14.2 Å². The van der Waals surface area contributed by atoms with Gasteiger partial charge in [-0.15, -0.1) is 0 Å². The van der Waals surface area contributed by atoms with Gasteiger partial charge in [0.2, 0.25) is 0 Å². The summed E-state index contributed by atoms with van der Waals surface area (Å²) in [5, 5.41) is 0. The molecule has 6 heteroatoms. The number of ether oxygens (including phenoxy) is 3. The molecular formula is C57H94O6. The van der Waals surface area contributed by atoms with Gasteiger partial charge in [-0.25, -0.2) is 0 Å². The third-order valence-corrected chi connectivity index (χ3v) is 10.6. The first-order chi connectivity index (χ1) is 31.0. The Bertz CT molecular complexity index is 1280. The van der Waals surface area contributed by atoms with E-state index in [-0.39, 0.29) is 31.1 Å². The minimum absolute atomic E-state index is 0.0949. The van der Waals surface area contributed by atoms with Crippen LogP contribution in [0.4, 0.5) is 0 Å². The molecule has 0 aromatic carbocycles. The predicted molar refractivity (Wildman–Crippen MR) is 270 cm³/mol. The van der Waals surface area contributed by atoms with Crippen molar-refractivity contribution >= 4 is 17.9 Å². The van der Waals surface area contributed by atoms with Crippen molar-refractivity contribution in [2.45, 2.75) is 232 Å². The standard InChI is InChI=1S/C57H94O6/c1-4-7-10-13-16-19-22-24-26-27-28-29-31-32-35-38-41-44-47-50-56(59)62-53-54(52-61-55(58)49-46-43-40-37-34-21-18-15-12-9-6-3)63-57(60)51-48-45-42-39-36-33-30-25-23-20-17-14-11-8-5-2/h7-8,10-11,16-17,19-20,24-26,28-30,32,35,54H,4-6,9,12-15,18,21-23,27,31,33-34,36-53H2,1-3H3/b10-7-,11-8-,19-16-,20-17-,26-24-,29-28-,30-25-,35-32-/t54-/m0/s1. The number of carbonyl (C=O) groups excluding carboxylic acids is 3. The van der Waals surface area contributed by atoms with Crippen LogP contribution in [0.15, 0.2) is 97.2 Å². The minimum atomic E-state index is -0.799. The van der Waals surface area contributed by atoms with E-state index in [1.54, 1.807) is 0 Å². The van der Waals surface area contributed by atoms with Crippen LogP contribution < -0.4 is 0 Å². The summed E-state index contributed by atoms with van der Waals surface area (Å²) in [6.45, 7) is 6.35. The van der Waals surface area contributed by atoms with Crippen LogP contribution in [0.1, 0.15) is 226 Å². The Labute approximate surface area is 387 Å². The van der Waals surface area contributed by atoms with Gasteiger partial charge in [-0.3, -0.25) is 14.4 Å². The monoisotopic (exact) mass is 875 g/mol. The molecule has 0 saturated carbocycles. The van der Waals surface area contributed by atoms with Gasteiger partial charge in [-0.2, -0.15) is 0 Å². The molecule has 0 aromatic rings. The zero-order chi connectivity index (χ0) is 45.8. The smallest absolute Gasteiger partial charge is 0.306 e. The molecule has 0 heterocycles. The van der Waals surface area contributed by atoms with Gasteiger partial charge in [0, 0.05) is 19.3 Å². The molecule has 0 aromatic heterocycles. The molecule has 0 N–H and O–H groups in total. The number of hydrogen-bond donors (Lipinski definition) is 0. The van der Waals surface area contributed by atoms with Gasteiger partial charge in [-0.05, 0) is 96.3 Å². The Morgan fingerprint density at radius 3 is 0.984 bits per heavy atom. The van der Waals surface area contributed by atoms with Crippen LogP contribution in [0.2, 0.25) is 0 Å².